The number of benzene rings is 3. The fraction of sp³-hybridized carbons (Fsp3) is 0.200. The van der Waals surface area contributed by atoms with Crippen LogP contribution < -0.4 is 10.2 Å². The molecule has 0 bridgehead atoms. The summed E-state index contributed by atoms with van der Waals surface area (Å²) in [6.07, 6.45) is 1.15. The topological polar surface area (TPSA) is 93.1 Å². The molecule has 5 rings (SSSR count). The first-order valence-electron chi connectivity index (χ1n) is 10.8. The van der Waals surface area contributed by atoms with Gasteiger partial charge in [-0.25, -0.2) is 9.18 Å². The summed E-state index contributed by atoms with van der Waals surface area (Å²) < 4.78 is 16.0. The number of halogens is 2. The van der Waals surface area contributed by atoms with Crippen LogP contribution in [0.15, 0.2) is 60.0 Å². The molecular formula is C25H21ClFN3O4S. The molecule has 1 fully saturated rings. The normalized spacial score (nSPS) is 19.6. The van der Waals surface area contributed by atoms with E-state index < -0.39 is 17.4 Å². The zero-order chi connectivity index (χ0) is 24.9. The summed E-state index contributed by atoms with van der Waals surface area (Å²) >= 11 is 7.79. The Bertz CT molecular complexity index is 1400. The maximum absolute atomic E-state index is 16.0. The number of aromatic hydroxyl groups is 1. The van der Waals surface area contributed by atoms with Crippen LogP contribution in [0.4, 0.5) is 10.1 Å². The van der Waals surface area contributed by atoms with Gasteiger partial charge in [-0.1, -0.05) is 54.2 Å². The van der Waals surface area contributed by atoms with Crippen molar-refractivity contribution in [3.8, 4) is 16.9 Å². The van der Waals surface area contributed by atoms with Gasteiger partial charge in [-0.3, -0.25) is 10.1 Å². The van der Waals surface area contributed by atoms with Crippen molar-refractivity contribution in [1.29, 1.82) is 0 Å². The van der Waals surface area contributed by atoms with Crippen molar-refractivity contribution in [3.05, 3.63) is 66.0 Å². The van der Waals surface area contributed by atoms with Crippen LogP contribution in [-0.4, -0.2) is 58.2 Å². The average Bonchev–Trinajstić information content (AvgIpc) is 3.27. The third-order valence-electron chi connectivity index (χ3n) is 6.42. The van der Waals surface area contributed by atoms with Crippen molar-refractivity contribution in [2.75, 3.05) is 30.4 Å². The second-order valence-electron chi connectivity index (χ2n) is 8.37. The summed E-state index contributed by atoms with van der Waals surface area (Å²) in [5.74, 6) is -2.03. The average molecular weight is 514 g/mol. The van der Waals surface area contributed by atoms with E-state index in [1.807, 2.05) is 24.3 Å². The third-order valence-corrected chi connectivity index (χ3v) is 7.78. The number of fused-ring (bicyclic) bond motifs is 2. The van der Waals surface area contributed by atoms with Crippen LogP contribution in [0.25, 0.3) is 21.9 Å². The Balaban J connectivity index is 1.64. The number of nitrogens with zero attached hydrogens (tertiary/aromatic N) is 2. The van der Waals surface area contributed by atoms with Gasteiger partial charge in [0.05, 0.1) is 28.0 Å². The number of phenols is 1. The largest absolute Gasteiger partial charge is 0.508 e. The van der Waals surface area contributed by atoms with Gasteiger partial charge in [0.2, 0.25) is 11.6 Å². The van der Waals surface area contributed by atoms with E-state index in [2.05, 4.69) is 11.9 Å². The number of thioether (sulfide) groups is 1. The molecule has 0 aliphatic carbocycles. The second-order valence-corrected chi connectivity index (χ2v) is 9.73. The summed E-state index contributed by atoms with van der Waals surface area (Å²) in [6, 6.07) is 11.9. The van der Waals surface area contributed by atoms with Crippen molar-refractivity contribution in [2.24, 2.45) is 0 Å². The molecule has 3 aromatic carbocycles. The van der Waals surface area contributed by atoms with E-state index in [-0.39, 0.29) is 46.1 Å². The summed E-state index contributed by atoms with van der Waals surface area (Å²) in [7, 11) is 0. The third kappa shape index (κ3) is 3.71. The summed E-state index contributed by atoms with van der Waals surface area (Å²) in [4.78, 5) is 28.0. The molecule has 1 saturated heterocycles. The molecule has 0 saturated carbocycles. The number of piperazine rings is 1. The number of phenolic OH excluding ortho intramolecular Hbond substituents is 1. The molecule has 1 unspecified atom stereocenters. The zero-order valence-corrected chi connectivity index (χ0v) is 20.0. The molecule has 3 N–H and O–H groups in total. The molecule has 2 aliphatic heterocycles. The number of nitrogens with one attached hydrogen (secondary N) is 1. The van der Waals surface area contributed by atoms with Gasteiger partial charge in [-0.15, -0.1) is 0 Å². The molecule has 0 aromatic heterocycles. The van der Waals surface area contributed by atoms with E-state index in [0.717, 1.165) is 28.6 Å². The van der Waals surface area contributed by atoms with E-state index >= 15 is 4.39 Å². The number of rotatable bonds is 4. The highest BCUT2D eigenvalue weighted by atomic mass is 35.5. The Morgan fingerprint density at radius 1 is 1.26 bits per heavy atom. The lowest BCUT2D eigenvalue weighted by Gasteiger charge is -2.46. The minimum atomic E-state index is -1.66. The van der Waals surface area contributed by atoms with Crippen LogP contribution in [0.1, 0.15) is 0 Å². The zero-order valence-electron chi connectivity index (χ0n) is 18.4. The summed E-state index contributed by atoms with van der Waals surface area (Å²) in [5.41, 5.74) is -0.759. The number of anilines is 1. The molecule has 7 nitrogen and oxygen atoms in total. The molecule has 0 radical (unpaired) electrons. The predicted molar refractivity (Wildman–Crippen MR) is 134 cm³/mol. The van der Waals surface area contributed by atoms with Crippen LogP contribution >= 0.6 is 23.4 Å². The minimum Gasteiger partial charge on any atom is -0.508 e. The van der Waals surface area contributed by atoms with E-state index in [0.29, 0.717) is 17.8 Å². The first-order chi connectivity index (χ1) is 16.8. The predicted octanol–water partition coefficient (Wildman–Crippen LogP) is 4.27. The standard InChI is InChI=1S/C25H21ClFN3O4S/c1-2-20(32)29-8-7-28-25(12-29,24(33)34)30-13-35-23-19(30)11-18(26)21(22(23)27)17-10-15(31)9-14-5-3-4-6-16(14)17/h2-6,9-11,28,31H,1,7-8,12-13H2,(H,33,34). The van der Waals surface area contributed by atoms with Crippen molar-refractivity contribution >= 4 is 51.7 Å². The van der Waals surface area contributed by atoms with Crippen LogP contribution in [0.5, 0.6) is 5.75 Å². The van der Waals surface area contributed by atoms with Crippen LogP contribution in [0, 0.1) is 5.82 Å². The molecule has 3 aromatic rings. The number of hydrogen-bond acceptors (Lipinski definition) is 6. The highest BCUT2D eigenvalue weighted by Crippen LogP contribution is 2.50. The van der Waals surface area contributed by atoms with Crippen molar-refractivity contribution in [1.82, 2.24) is 10.2 Å². The van der Waals surface area contributed by atoms with Crippen LogP contribution in [-0.2, 0) is 9.59 Å². The first kappa shape index (κ1) is 23.5. The maximum atomic E-state index is 16.0. The van der Waals surface area contributed by atoms with Crippen LogP contribution in [0.3, 0.4) is 0 Å². The Labute approximate surface area is 209 Å². The SMILES string of the molecule is C=CC(=O)N1CCNC(C(=O)O)(N2CSc3c2cc(Cl)c(-c2cc(O)cc4ccccc24)c3F)C1. The number of carboxylic acid groups (broad SMARTS) is 1. The van der Waals surface area contributed by atoms with Gasteiger partial charge in [0, 0.05) is 18.7 Å². The fourth-order valence-electron chi connectivity index (χ4n) is 4.75. The lowest BCUT2D eigenvalue weighted by atomic mass is 9.96. The van der Waals surface area contributed by atoms with Gasteiger partial charge in [0.15, 0.2) is 0 Å². The first-order valence-corrected chi connectivity index (χ1v) is 12.2. The Morgan fingerprint density at radius 3 is 2.77 bits per heavy atom. The molecule has 2 aliphatic rings. The second kappa shape index (κ2) is 8.75. The van der Waals surface area contributed by atoms with Gasteiger partial charge in [0.1, 0.15) is 11.6 Å². The van der Waals surface area contributed by atoms with Gasteiger partial charge in [-0.05, 0) is 40.6 Å². The smallest absolute Gasteiger partial charge is 0.346 e. The van der Waals surface area contributed by atoms with Gasteiger partial charge >= 0.3 is 5.97 Å². The molecule has 0 spiro atoms. The van der Waals surface area contributed by atoms with Crippen LogP contribution in [0.2, 0.25) is 5.02 Å². The number of aliphatic carboxylic acids is 1. The van der Waals surface area contributed by atoms with E-state index in [1.54, 1.807) is 12.1 Å². The van der Waals surface area contributed by atoms with Crippen molar-refractivity contribution in [2.45, 2.75) is 10.6 Å². The Hall–Kier alpha value is -3.27. The Kier molecular flexibility index (Phi) is 5.86. The highest BCUT2D eigenvalue weighted by Gasteiger charge is 2.51. The molecule has 1 atom stereocenters. The molecule has 1 amide bonds. The Morgan fingerprint density at radius 2 is 2.03 bits per heavy atom. The highest BCUT2D eigenvalue weighted by molar-refractivity contribution is 7.99. The molecule has 10 heteroatoms. The monoisotopic (exact) mass is 513 g/mol. The van der Waals surface area contributed by atoms with Crippen molar-refractivity contribution in [3.63, 3.8) is 0 Å². The quantitative estimate of drug-likeness (QED) is 0.448. The number of carbonyl (C=O) groups excluding carboxylic acids is 1. The molecule has 180 valence electrons. The summed E-state index contributed by atoms with van der Waals surface area (Å²) in [6.45, 7) is 3.91. The number of carboxylic acids is 1. The number of carbonyl (C=O) groups is 2. The molecule has 2 heterocycles. The van der Waals surface area contributed by atoms with E-state index in [4.69, 9.17) is 11.6 Å². The van der Waals surface area contributed by atoms with Gasteiger partial charge in [0.25, 0.3) is 0 Å². The van der Waals surface area contributed by atoms with E-state index in [1.165, 1.54) is 15.9 Å². The number of hydrogen-bond donors (Lipinski definition) is 3. The maximum Gasteiger partial charge on any atom is 0.346 e. The molecular weight excluding hydrogens is 493 g/mol. The fourth-order valence-corrected chi connectivity index (χ4v) is 6.21. The summed E-state index contributed by atoms with van der Waals surface area (Å²) in [5, 5.41) is 25.1. The van der Waals surface area contributed by atoms with Gasteiger partial charge < -0.3 is 20.0 Å². The lowest BCUT2D eigenvalue weighted by molar-refractivity contribution is -0.148. The van der Waals surface area contributed by atoms with E-state index in [9.17, 15) is 19.8 Å². The minimum absolute atomic E-state index is 0.0212. The van der Waals surface area contributed by atoms with Gasteiger partial charge in [-0.2, -0.15) is 0 Å². The number of amides is 1. The molecule has 35 heavy (non-hydrogen) atoms. The lowest BCUT2D eigenvalue weighted by Crippen LogP contribution is -2.73. The van der Waals surface area contributed by atoms with Crippen molar-refractivity contribution < 1.29 is 24.2 Å².